The smallest absolute Gasteiger partial charge is 0.131 e. The zero-order chi connectivity index (χ0) is 13.4. The van der Waals surface area contributed by atoms with Gasteiger partial charge in [0.05, 0.1) is 5.38 Å². The van der Waals surface area contributed by atoms with Crippen molar-refractivity contribution in [3.8, 4) is 0 Å². The van der Waals surface area contributed by atoms with Crippen LogP contribution in [0.5, 0.6) is 0 Å². The molecule has 1 aromatic heterocycles. The minimum atomic E-state index is -0.615. The molecule has 1 unspecified atom stereocenters. The van der Waals surface area contributed by atoms with Gasteiger partial charge in [0.25, 0.3) is 0 Å². The van der Waals surface area contributed by atoms with Gasteiger partial charge in [0, 0.05) is 25.9 Å². The van der Waals surface area contributed by atoms with Crippen molar-refractivity contribution in [3.05, 3.63) is 55.2 Å². The summed E-state index contributed by atoms with van der Waals surface area (Å²) in [5.41, 5.74) is 0.694. The predicted octanol–water partition coefficient (Wildman–Crippen LogP) is 5.73. The second-order valence-electron chi connectivity index (χ2n) is 4.05. The van der Waals surface area contributed by atoms with Gasteiger partial charge in [0.2, 0.25) is 0 Å². The lowest BCUT2D eigenvalue weighted by molar-refractivity contribution is 0.568. The van der Waals surface area contributed by atoms with Gasteiger partial charge in [-0.15, -0.1) is 22.9 Å². The van der Waals surface area contributed by atoms with Crippen molar-refractivity contribution in [1.29, 1.82) is 0 Å². The second-order valence-corrected chi connectivity index (χ2v) is 6.63. The minimum Gasteiger partial charge on any atom is -0.207 e. The highest BCUT2D eigenvalue weighted by Crippen LogP contribution is 2.40. The Kier molecular flexibility index (Phi) is 4.09. The summed E-state index contributed by atoms with van der Waals surface area (Å²) < 4.78 is 27.8. The molecule has 0 saturated heterocycles. The van der Waals surface area contributed by atoms with E-state index < -0.39 is 17.0 Å². The Hall–Kier alpha value is -0.450. The maximum absolute atomic E-state index is 13.8. The molecule has 0 radical (unpaired) electrons. The molecule has 0 bridgehead atoms. The van der Waals surface area contributed by atoms with Gasteiger partial charge >= 0.3 is 0 Å². The van der Waals surface area contributed by atoms with Gasteiger partial charge in [-0.25, -0.2) is 8.78 Å². The van der Waals surface area contributed by atoms with E-state index in [0.717, 1.165) is 20.3 Å². The number of aryl methyl sites for hydroxylation is 2. The monoisotopic (exact) mass is 350 g/mol. The first-order chi connectivity index (χ1) is 8.40. The second kappa shape index (κ2) is 5.27. The van der Waals surface area contributed by atoms with E-state index in [1.165, 1.54) is 17.4 Å². The molecule has 5 heteroatoms. The first-order valence-corrected chi connectivity index (χ1v) is 7.30. The zero-order valence-electron chi connectivity index (χ0n) is 9.73. The minimum absolute atomic E-state index is 0.304. The fraction of sp³-hybridized carbons (Fsp3) is 0.231. The number of halogens is 4. The summed E-state index contributed by atoms with van der Waals surface area (Å²) in [5.74, 6) is -1.17. The van der Waals surface area contributed by atoms with Gasteiger partial charge in [0.15, 0.2) is 0 Å². The van der Waals surface area contributed by atoms with Crippen molar-refractivity contribution in [2.75, 3.05) is 0 Å². The van der Waals surface area contributed by atoms with E-state index in [0.29, 0.717) is 11.1 Å². The molecule has 0 N–H and O–H groups in total. The Balaban J connectivity index is 2.49. The number of rotatable bonds is 2. The third-order valence-electron chi connectivity index (χ3n) is 2.62. The van der Waals surface area contributed by atoms with E-state index in [9.17, 15) is 8.78 Å². The van der Waals surface area contributed by atoms with Crippen molar-refractivity contribution < 1.29 is 8.78 Å². The Labute approximate surface area is 122 Å². The SMILES string of the molecule is Cc1cc(Br)c(C(Cl)c2cc(C)c(F)cc2F)s1. The van der Waals surface area contributed by atoms with E-state index in [1.54, 1.807) is 6.92 Å². The highest BCUT2D eigenvalue weighted by atomic mass is 79.9. The number of hydrogen-bond donors (Lipinski definition) is 0. The Morgan fingerprint density at radius 1 is 1.17 bits per heavy atom. The fourth-order valence-corrected chi connectivity index (χ4v) is 4.12. The van der Waals surface area contributed by atoms with Crippen molar-refractivity contribution in [1.82, 2.24) is 0 Å². The number of thiophene rings is 1. The van der Waals surface area contributed by atoms with Gasteiger partial charge in [0.1, 0.15) is 11.6 Å². The molecule has 0 aliphatic heterocycles. The third kappa shape index (κ3) is 2.60. The van der Waals surface area contributed by atoms with Crippen molar-refractivity contribution in [2.45, 2.75) is 19.2 Å². The lowest BCUT2D eigenvalue weighted by atomic mass is 10.1. The van der Waals surface area contributed by atoms with Gasteiger partial charge in [-0.1, -0.05) is 0 Å². The molecule has 1 atom stereocenters. The highest BCUT2D eigenvalue weighted by Gasteiger charge is 2.21. The van der Waals surface area contributed by atoms with Crippen LogP contribution in [0, 0.1) is 25.5 Å². The van der Waals surface area contributed by atoms with Crippen LogP contribution < -0.4 is 0 Å². The molecule has 18 heavy (non-hydrogen) atoms. The molecule has 2 aromatic rings. The molecule has 0 aliphatic rings. The summed E-state index contributed by atoms with van der Waals surface area (Å²) in [5, 5.41) is -0.614. The van der Waals surface area contributed by atoms with Crippen LogP contribution in [0.3, 0.4) is 0 Å². The molecule has 0 fully saturated rings. The summed E-state index contributed by atoms with van der Waals surface area (Å²) in [6.45, 7) is 3.55. The topological polar surface area (TPSA) is 0 Å². The van der Waals surface area contributed by atoms with Crippen LogP contribution in [0.1, 0.15) is 26.3 Å². The van der Waals surface area contributed by atoms with Crippen LogP contribution in [-0.2, 0) is 0 Å². The van der Waals surface area contributed by atoms with Crippen molar-refractivity contribution in [3.63, 3.8) is 0 Å². The quantitative estimate of drug-likeness (QED) is 0.606. The molecule has 0 aliphatic carbocycles. The number of benzene rings is 1. The third-order valence-corrected chi connectivity index (χ3v) is 5.23. The molecule has 1 aromatic carbocycles. The van der Waals surface area contributed by atoms with Crippen LogP contribution in [0.15, 0.2) is 22.7 Å². The van der Waals surface area contributed by atoms with Crippen LogP contribution in [0.4, 0.5) is 8.78 Å². The van der Waals surface area contributed by atoms with Crippen LogP contribution in [0.25, 0.3) is 0 Å². The summed E-state index contributed by atoms with van der Waals surface area (Å²) in [6.07, 6.45) is 0. The standard InChI is InChI=1S/C13H10BrClF2S/c1-6-3-8(11(17)5-10(6)16)12(15)13-9(14)4-7(2)18-13/h3-5,12H,1-2H3. The Bertz CT molecular complexity index is 595. The number of alkyl halides is 1. The van der Waals surface area contributed by atoms with E-state index in [1.807, 2.05) is 13.0 Å². The van der Waals surface area contributed by atoms with Crippen LogP contribution in [0.2, 0.25) is 0 Å². The summed E-state index contributed by atoms with van der Waals surface area (Å²) in [4.78, 5) is 1.92. The van der Waals surface area contributed by atoms with Crippen LogP contribution >= 0.6 is 38.9 Å². The van der Waals surface area contributed by atoms with Gasteiger partial charge in [-0.2, -0.15) is 0 Å². The molecule has 0 saturated carbocycles. The maximum atomic E-state index is 13.8. The summed E-state index contributed by atoms with van der Waals surface area (Å²) >= 11 is 11.2. The van der Waals surface area contributed by atoms with Gasteiger partial charge in [-0.3, -0.25) is 0 Å². The Morgan fingerprint density at radius 3 is 2.39 bits per heavy atom. The molecule has 0 amide bonds. The van der Waals surface area contributed by atoms with E-state index in [-0.39, 0.29) is 0 Å². The molecule has 0 nitrogen and oxygen atoms in total. The molecular weight excluding hydrogens is 342 g/mol. The largest absolute Gasteiger partial charge is 0.207 e. The number of hydrogen-bond acceptors (Lipinski definition) is 1. The summed E-state index contributed by atoms with van der Waals surface area (Å²) in [7, 11) is 0. The molecule has 0 spiro atoms. The lowest BCUT2D eigenvalue weighted by Gasteiger charge is -2.11. The fourth-order valence-electron chi connectivity index (χ4n) is 1.69. The summed E-state index contributed by atoms with van der Waals surface area (Å²) in [6, 6.07) is 4.28. The average Bonchev–Trinajstić information content (AvgIpc) is 2.62. The molecule has 2 rings (SSSR count). The maximum Gasteiger partial charge on any atom is 0.131 e. The lowest BCUT2D eigenvalue weighted by Crippen LogP contribution is -1.98. The molecule has 1 heterocycles. The first-order valence-electron chi connectivity index (χ1n) is 5.25. The highest BCUT2D eigenvalue weighted by molar-refractivity contribution is 9.10. The normalized spacial score (nSPS) is 12.8. The first kappa shape index (κ1) is 14.0. The van der Waals surface area contributed by atoms with E-state index in [2.05, 4.69) is 15.9 Å². The average molecular weight is 352 g/mol. The van der Waals surface area contributed by atoms with E-state index >= 15 is 0 Å². The van der Waals surface area contributed by atoms with E-state index in [4.69, 9.17) is 11.6 Å². The van der Waals surface area contributed by atoms with Crippen LogP contribution in [-0.4, -0.2) is 0 Å². The predicted molar refractivity (Wildman–Crippen MR) is 75.5 cm³/mol. The van der Waals surface area contributed by atoms with Crippen molar-refractivity contribution in [2.24, 2.45) is 0 Å². The van der Waals surface area contributed by atoms with Gasteiger partial charge in [-0.05, 0) is 47.5 Å². The molecular formula is C13H10BrClF2S. The van der Waals surface area contributed by atoms with Crippen molar-refractivity contribution >= 4 is 38.9 Å². The molecule has 96 valence electrons. The zero-order valence-corrected chi connectivity index (χ0v) is 12.9. The van der Waals surface area contributed by atoms with Gasteiger partial charge < -0.3 is 0 Å². The Morgan fingerprint density at radius 2 is 1.83 bits per heavy atom.